The van der Waals surface area contributed by atoms with Gasteiger partial charge in [0, 0.05) is 22.9 Å². The first-order valence-electron chi connectivity index (χ1n) is 7.54. The second-order valence-electron chi connectivity index (χ2n) is 6.30. The Balaban J connectivity index is 0.00000264. The zero-order valence-corrected chi connectivity index (χ0v) is 15.4. The molecular formula is C18H25ClN2OS. The molecular weight excluding hydrogens is 328 g/mol. The van der Waals surface area contributed by atoms with Crippen LogP contribution in [0.5, 0.6) is 0 Å². The van der Waals surface area contributed by atoms with Crippen LogP contribution < -0.4 is 11.1 Å². The van der Waals surface area contributed by atoms with Crippen LogP contribution >= 0.6 is 23.7 Å². The zero-order valence-electron chi connectivity index (χ0n) is 13.8. The SMILES string of the molecule is CC(C(=O)NCC(C)(C)c1cccs1)C(N)c1ccccc1.Cl. The maximum atomic E-state index is 12.4. The van der Waals surface area contributed by atoms with Gasteiger partial charge < -0.3 is 11.1 Å². The number of benzene rings is 1. The molecule has 2 unspecified atom stereocenters. The number of rotatable bonds is 6. The van der Waals surface area contributed by atoms with E-state index >= 15 is 0 Å². The summed E-state index contributed by atoms with van der Waals surface area (Å²) in [6.07, 6.45) is 0. The van der Waals surface area contributed by atoms with E-state index in [9.17, 15) is 4.79 Å². The Bertz CT molecular complexity index is 599. The van der Waals surface area contributed by atoms with Crippen LogP contribution in [0.15, 0.2) is 47.8 Å². The zero-order chi connectivity index (χ0) is 16.2. The molecule has 23 heavy (non-hydrogen) atoms. The first-order chi connectivity index (χ1) is 10.4. The van der Waals surface area contributed by atoms with Gasteiger partial charge in [-0.15, -0.1) is 23.7 Å². The molecule has 0 fully saturated rings. The minimum atomic E-state index is -0.286. The van der Waals surface area contributed by atoms with Crippen LogP contribution in [0.2, 0.25) is 0 Å². The maximum Gasteiger partial charge on any atom is 0.224 e. The Morgan fingerprint density at radius 2 is 1.87 bits per heavy atom. The molecule has 0 radical (unpaired) electrons. The van der Waals surface area contributed by atoms with E-state index in [1.807, 2.05) is 43.3 Å². The minimum absolute atomic E-state index is 0. The van der Waals surface area contributed by atoms with E-state index < -0.39 is 0 Å². The van der Waals surface area contributed by atoms with E-state index in [4.69, 9.17) is 5.73 Å². The van der Waals surface area contributed by atoms with Gasteiger partial charge in [-0.2, -0.15) is 0 Å². The van der Waals surface area contributed by atoms with E-state index in [1.165, 1.54) is 4.88 Å². The van der Waals surface area contributed by atoms with Crippen molar-refractivity contribution in [3.63, 3.8) is 0 Å². The Kier molecular flexibility index (Phi) is 7.26. The van der Waals surface area contributed by atoms with Gasteiger partial charge in [0.25, 0.3) is 0 Å². The average molecular weight is 353 g/mol. The molecule has 126 valence electrons. The summed E-state index contributed by atoms with van der Waals surface area (Å²) in [6.45, 7) is 6.77. The molecule has 0 aliphatic rings. The van der Waals surface area contributed by atoms with E-state index in [2.05, 4.69) is 30.6 Å². The van der Waals surface area contributed by atoms with Gasteiger partial charge in [-0.05, 0) is 17.0 Å². The maximum absolute atomic E-state index is 12.4. The lowest BCUT2D eigenvalue weighted by Crippen LogP contribution is -2.41. The fourth-order valence-corrected chi connectivity index (χ4v) is 3.20. The average Bonchev–Trinajstić information content (AvgIpc) is 3.07. The fourth-order valence-electron chi connectivity index (χ4n) is 2.35. The summed E-state index contributed by atoms with van der Waals surface area (Å²) in [6, 6.07) is 13.6. The van der Waals surface area contributed by atoms with Gasteiger partial charge in [-0.25, -0.2) is 0 Å². The third-order valence-electron chi connectivity index (χ3n) is 4.03. The van der Waals surface area contributed by atoms with Crippen LogP contribution in [0, 0.1) is 5.92 Å². The molecule has 2 rings (SSSR count). The third-order valence-corrected chi connectivity index (χ3v) is 5.27. The number of hydrogen-bond acceptors (Lipinski definition) is 3. The number of halogens is 1. The standard InChI is InChI=1S/C18H24N2OS.ClH/c1-13(16(19)14-8-5-4-6-9-14)17(21)20-12-18(2,3)15-10-7-11-22-15;/h4-11,13,16H,12,19H2,1-3H3,(H,20,21);1H. The molecule has 1 heterocycles. The third kappa shape index (κ3) is 5.06. The van der Waals surface area contributed by atoms with E-state index in [0.717, 1.165) is 5.56 Å². The number of amides is 1. The highest BCUT2D eigenvalue weighted by Gasteiger charge is 2.26. The molecule has 1 aromatic carbocycles. The summed E-state index contributed by atoms with van der Waals surface area (Å²) in [5.41, 5.74) is 7.13. The van der Waals surface area contributed by atoms with Crippen LogP contribution in [0.3, 0.4) is 0 Å². The van der Waals surface area contributed by atoms with Gasteiger partial charge in [-0.3, -0.25) is 4.79 Å². The highest BCUT2D eigenvalue weighted by Crippen LogP contribution is 2.27. The van der Waals surface area contributed by atoms with Crippen molar-refractivity contribution in [3.05, 3.63) is 58.3 Å². The molecule has 0 saturated heterocycles. The smallest absolute Gasteiger partial charge is 0.224 e. The van der Waals surface area contributed by atoms with Gasteiger partial charge in [0.15, 0.2) is 0 Å². The normalized spacial score (nSPS) is 13.7. The molecule has 1 aromatic heterocycles. The fraction of sp³-hybridized carbons (Fsp3) is 0.389. The van der Waals surface area contributed by atoms with Crippen LogP contribution in [0.1, 0.15) is 37.3 Å². The molecule has 0 aliphatic carbocycles. The molecule has 3 N–H and O–H groups in total. The van der Waals surface area contributed by atoms with Crippen molar-refractivity contribution in [2.45, 2.75) is 32.2 Å². The number of thiophene rings is 1. The highest BCUT2D eigenvalue weighted by molar-refractivity contribution is 7.10. The van der Waals surface area contributed by atoms with E-state index in [1.54, 1.807) is 11.3 Å². The summed E-state index contributed by atoms with van der Waals surface area (Å²) in [5, 5.41) is 5.11. The monoisotopic (exact) mass is 352 g/mol. The Hall–Kier alpha value is -1.36. The van der Waals surface area contributed by atoms with Crippen LogP contribution in [0.25, 0.3) is 0 Å². The first-order valence-corrected chi connectivity index (χ1v) is 8.42. The van der Waals surface area contributed by atoms with Crippen molar-refractivity contribution < 1.29 is 4.79 Å². The molecule has 0 aliphatic heterocycles. The summed E-state index contributed by atoms with van der Waals surface area (Å²) in [4.78, 5) is 13.7. The van der Waals surface area contributed by atoms with Crippen LogP contribution in [-0.4, -0.2) is 12.5 Å². The van der Waals surface area contributed by atoms with Gasteiger partial charge >= 0.3 is 0 Å². The second-order valence-corrected chi connectivity index (χ2v) is 7.25. The molecule has 5 heteroatoms. The molecule has 0 bridgehead atoms. The topological polar surface area (TPSA) is 55.1 Å². The largest absolute Gasteiger partial charge is 0.355 e. The van der Waals surface area contributed by atoms with Crippen molar-refractivity contribution in [1.82, 2.24) is 5.32 Å². The number of hydrogen-bond donors (Lipinski definition) is 2. The van der Waals surface area contributed by atoms with Gasteiger partial charge in [0.1, 0.15) is 0 Å². The van der Waals surface area contributed by atoms with Crippen molar-refractivity contribution >= 4 is 29.7 Å². The number of carbonyl (C=O) groups is 1. The Morgan fingerprint density at radius 3 is 2.43 bits per heavy atom. The lowest BCUT2D eigenvalue weighted by atomic mass is 9.90. The minimum Gasteiger partial charge on any atom is -0.355 e. The summed E-state index contributed by atoms with van der Waals surface area (Å²) < 4.78 is 0. The lowest BCUT2D eigenvalue weighted by Gasteiger charge is -2.26. The lowest BCUT2D eigenvalue weighted by molar-refractivity contribution is -0.125. The molecule has 1 amide bonds. The molecule has 2 aromatic rings. The van der Waals surface area contributed by atoms with Gasteiger partial charge in [0.05, 0.1) is 5.92 Å². The Labute approximate surface area is 148 Å². The van der Waals surface area contributed by atoms with Crippen molar-refractivity contribution in [1.29, 1.82) is 0 Å². The predicted octanol–water partition coefficient (Wildman–Crippen LogP) is 3.90. The summed E-state index contributed by atoms with van der Waals surface area (Å²) in [5.74, 6) is -0.262. The van der Waals surface area contributed by atoms with Crippen LogP contribution in [0.4, 0.5) is 0 Å². The van der Waals surface area contributed by atoms with Gasteiger partial charge in [-0.1, -0.05) is 57.2 Å². The molecule has 2 atom stereocenters. The second kappa shape index (κ2) is 8.48. The van der Waals surface area contributed by atoms with Crippen LogP contribution in [-0.2, 0) is 10.2 Å². The molecule has 0 spiro atoms. The number of carbonyl (C=O) groups excluding carboxylic acids is 1. The van der Waals surface area contributed by atoms with E-state index in [-0.39, 0.29) is 35.7 Å². The molecule has 3 nitrogen and oxygen atoms in total. The Morgan fingerprint density at radius 1 is 1.22 bits per heavy atom. The van der Waals surface area contributed by atoms with E-state index in [0.29, 0.717) is 6.54 Å². The predicted molar refractivity (Wildman–Crippen MR) is 100 cm³/mol. The highest BCUT2D eigenvalue weighted by atomic mass is 35.5. The van der Waals surface area contributed by atoms with Gasteiger partial charge in [0.2, 0.25) is 5.91 Å². The quantitative estimate of drug-likeness (QED) is 0.828. The number of nitrogens with one attached hydrogen (secondary N) is 1. The van der Waals surface area contributed by atoms with Crippen molar-refractivity contribution in [2.75, 3.05) is 6.54 Å². The number of nitrogens with two attached hydrogens (primary N) is 1. The van der Waals surface area contributed by atoms with Crippen molar-refractivity contribution in [2.24, 2.45) is 11.7 Å². The first kappa shape index (κ1) is 19.7. The summed E-state index contributed by atoms with van der Waals surface area (Å²) in [7, 11) is 0. The summed E-state index contributed by atoms with van der Waals surface area (Å²) >= 11 is 1.72. The van der Waals surface area contributed by atoms with Crippen molar-refractivity contribution in [3.8, 4) is 0 Å². The molecule has 0 saturated carbocycles.